The molecular formula is C18H20O3. The lowest BCUT2D eigenvalue weighted by atomic mass is 9.97. The lowest BCUT2D eigenvalue weighted by Crippen LogP contribution is -2.04. The van der Waals surface area contributed by atoms with Gasteiger partial charge in [0.05, 0.1) is 13.2 Å². The Bertz CT molecular complexity index is 615. The molecule has 0 amide bonds. The van der Waals surface area contributed by atoms with Crippen LogP contribution in [0.4, 0.5) is 0 Å². The highest BCUT2D eigenvalue weighted by Gasteiger charge is 2.04. The molecule has 110 valence electrons. The first-order chi connectivity index (χ1) is 10.1. The number of aliphatic hydroxyl groups excluding tert-OH is 1. The second-order valence-corrected chi connectivity index (χ2v) is 5.09. The smallest absolute Gasteiger partial charge is 0.302 e. The number of hydrogen-bond donors (Lipinski definition) is 1. The van der Waals surface area contributed by atoms with Gasteiger partial charge in [0.2, 0.25) is 0 Å². The van der Waals surface area contributed by atoms with E-state index in [4.69, 9.17) is 9.84 Å². The molecule has 0 saturated heterocycles. The molecule has 21 heavy (non-hydrogen) atoms. The van der Waals surface area contributed by atoms with Crippen molar-refractivity contribution >= 4 is 5.97 Å². The summed E-state index contributed by atoms with van der Waals surface area (Å²) in [4.78, 5) is 10.8. The van der Waals surface area contributed by atoms with E-state index in [1.54, 1.807) is 0 Å². The largest absolute Gasteiger partial charge is 0.466 e. The van der Waals surface area contributed by atoms with Gasteiger partial charge in [0.15, 0.2) is 0 Å². The maximum Gasteiger partial charge on any atom is 0.302 e. The molecule has 0 fully saturated rings. The normalized spacial score (nSPS) is 10.4. The molecule has 1 N–H and O–H groups in total. The number of ether oxygens (including phenoxy) is 1. The average molecular weight is 284 g/mol. The highest BCUT2D eigenvalue weighted by molar-refractivity contribution is 5.66. The third kappa shape index (κ3) is 4.17. The van der Waals surface area contributed by atoms with Crippen LogP contribution in [0.25, 0.3) is 11.1 Å². The first-order valence-electron chi connectivity index (χ1n) is 7.03. The quantitative estimate of drug-likeness (QED) is 0.857. The van der Waals surface area contributed by atoms with E-state index in [0.717, 1.165) is 16.7 Å². The zero-order valence-electron chi connectivity index (χ0n) is 12.4. The zero-order valence-corrected chi connectivity index (χ0v) is 12.4. The van der Waals surface area contributed by atoms with E-state index in [1.807, 2.05) is 24.3 Å². The standard InChI is InChI=1S/C18H20O3/c1-13-3-6-18(11-17(13)9-10-21-14(2)20)16-7-4-15(12-19)5-8-16/h3-8,11,19H,9-10,12H2,1-2H3. The number of aliphatic hydroxyl groups is 1. The highest BCUT2D eigenvalue weighted by atomic mass is 16.5. The summed E-state index contributed by atoms with van der Waals surface area (Å²) in [6.07, 6.45) is 0.716. The first-order valence-corrected chi connectivity index (χ1v) is 7.03. The van der Waals surface area contributed by atoms with Crippen LogP contribution in [0, 0.1) is 6.92 Å². The van der Waals surface area contributed by atoms with Crippen molar-refractivity contribution in [1.82, 2.24) is 0 Å². The Hall–Kier alpha value is -2.13. The van der Waals surface area contributed by atoms with Crippen LogP contribution in [0.2, 0.25) is 0 Å². The van der Waals surface area contributed by atoms with Gasteiger partial charge in [0.25, 0.3) is 0 Å². The molecular weight excluding hydrogens is 264 g/mol. The monoisotopic (exact) mass is 284 g/mol. The summed E-state index contributed by atoms with van der Waals surface area (Å²) in [5.41, 5.74) is 5.52. The van der Waals surface area contributed by atoms with Gasteiger partial charge in [-0.05, 0) is 34.7 Å². The fraction of sp³-hybridized carbons (Fsp3) is 0.278. The summed E-state index contributed by atoms with van der Waals surface area (Å²) in [6.45, 7) is 3.94. The molecule has 0 bridgehead atoms. The molecule has 0 heterocycles. The Morgan fingerprint density at radius 1 is 1.10 bits per heavy atom. The number of benzene rings is 2. The van der Waals surface area contributed by atoms with E-state index in [-0.39, 0.29) is 12.6 Å². The van der Waals surface area contributed by atoms with Crippen molar-refractivity contribution in [1.29, 1.82) is 0 Å². The minimum Gasteiger partial charge on any atom is -0.466 e. The van der Waals surface area contributed by atoms with Gasteiger partial charge in [-0.15, -0.1) is 0 Å². The van der Waals surface area contributed by atoms with E-state index in [2.05, 4.69) is 25.1 Å². The predicted molar refractivity (Wildman–Crippen MR) is 82.9 cm³/mol. The van der Waals surface area contributed by atoms with Crippen molar-refractivity contribution in [2.24, 2.45) is 0 Å². The van der Waals surface area contributed by atoms with Crippen LogP contribution in [0.15, 0.2) is 42.5 Å². The number of hydrogen-bond acceptors (Lipinski definition) is 3. The second-order valence-electron chi connectivity index (χ2n) is 5.09. The van der Waals surface area contributed by atoms with Crippen molar-refractivity contribution in [3.05, 3.63) is 59.2 Å². The summed E-state index contributed by atoms with van der Waals surface area (Å²) in [5, 5.41) is 9.08. The molecule has 0 atom stereocenters. The topological polar surface area (TPSA) is 46.5 Å². The Morgan fingerprint density at radius 3 is 2.38 bits per heavy atom. The summed E-state index contributed by atoms with van der Waals surface area (Å²) >= 11 is 0. The summed E-state index contributed by atoms with van der Waals surface area (Å²) in [5.74, 6) is -0.247. The van der Waals surface area contributed by atoms with Crippen LogP contribution in [-0.4, -0.2) is 17.7 Å². The van der Waals surface area contributed by atoms with Crippen LogP contribution in [0.1, 0.15) is 23.6 Å². The van der Waals surface area contributed by atoms with Crippen LogP contribution in [0.5, 0.6) is 0 Å². The van der Waals surface area contributed by atoms with Gasteiger partial charge in [-0.1, -0.05) is 42.5 Å². The van der Waals surface area contributed by atoms with Gasteiger partial charge in [-0.25, -0.2) is 0 Å². The SMILES string of the molecule is CC(=O)OCCc1cc(-c2ccc(CO)cc2)ccc1C. The molecule has 0 aliphatic carbocycles. The average Bonchev–Trinajstić information content (AvgIpc) is 2.49. The van der Waals surface area contributed by atoms with Crippen LogP contribution in [0.3, 0.4) is 0 Å². The third-order valence-corrected chi connectivity index (χ3v) is 3.50. The summed E-state index contributed by atoms with van der Waals surface area (Å²) in [7, 11) is 0. The number of rotatable bonds is 5. The van der Waals surface area contributed by atoms with Gasteiger partial charge < -0.3 is 9.84 Å². The molecule has 0 aliphatic rings. The lowest BCUT2D eigenvalue weighted by molar-refractivity contribution is -0.140. The highest BCUT2D eigenvalue weighted by Crippen LogP contribution is 2.23. The second kappa shape index (κ2) is 7.04. The molecule has 0 aromatic heterocycles. The van der Waals surface area contributed by atoms with Crippen LogP contribution < -0.4 is 0 Å². The Kier molecular flexibility index (Phi) is 5.12. The zero-order chi connectivity index (χ0) is 15.2. The van der Waals surface area contributed by atoms with Crippen molar-refractivity contribution < 1.29 is 14.6 Å². The Balaban J connectivity index is 2.18. The fourth-order valence-electron chi connectivity index (χ4n) is 2.23. The molecule has 3 nitrogen and oxygen atoms in total. The molecule has 2 aromatic carbocycles. The minimum atomic E-state index is -0.247. The molecule has 2 aromatic rings. The number of carbonyl (C=O) groups is 1. The van der Waals surface area contributed by atoms with Gasteiger partial charge >= 0.3 is 5.97 Å². The van der Waals surface area contributed by atoms with Crippen LogP contribution in [-0.2, 0) is 22.6 Å². The van der Waals surface area contributed by atoms with Crippen molar-refractivity contribution in [2.75, 3.05) is 6.61 Å². The van der Waals surface area contributed by atoms with E-state index < -0.39 is 0 Å². The predicted octanol–water partition coefficient (Wildman–Crippen LogP) is 3.26. The Labute approximate surface area is 125 Å². The molecule has 0 radical (unpaired) electrons. The maximum atomic E-state index is 10.8. The van der Waals surface area contributed by atoms with Gasteiger partial charge in [0, 0.05) is 13.3 Å². The van der Waals surface area contributed by atoms with Gasteiger partial charge in [-0.2, -0.15) is 0 Å². The third-order valence-electron chi connectivity index (χ3n) is 3.50. The van der Waals surface area contributed by atoms with E-state index in [0.29, 0.717) is 13.0 Å². The van der Waals surface area contributed by atoms with E-state index in [9.17, 15) is 4.79 Å². The van der Waals surface area contributed by atoms with Crippen molar-refractivity contribution in [3.63, 3.8) is 0 Å². The van der Waals surface area contributed by atoms with E-state index in [1.165, 1.54) is 18.1 Å². The number of esters is 1. The molecule has 0 aliphatic heterocycles. The van der Waals surface area contributed by atoms with Crippen molar-refractivity contribution in [3.8, 4) is 11.1 Å². The van der Waals surface area contributed by atoms with Gasteiger partial charge in [-0.3, -0.25) is 4.79 Å². The Morgan fingerprint density at radius 2 is 1.76 bits per heavy atom. The maximum absolute atomic E-state index is 10.8. The first kappa shape index (κ1) is 15.3. The fourth-order valence-corrected chi connectivity index (χ4v) is 2.23. The van der Waals surface area contributed by atoms with Crippen LogP contribution >= 0.6 is 0 Å². The molecule has 0 spiro atoms. The molecule has 0 saturated carbocycles. The summed E-state index contributed by atoms with van der Waals surface area (Å²) < 4.78 is 5.01. The summed E-state index contributed by atoms with van der Waals surface area (Å²) in [6, 6.07) is 14.2. The molecule has 2 rings (SSSR count). The lowest BCUT2D eigenvalue weighted by Gasteiger charge is -2.10. The van der Waals surface area contributed by atoms with Gasteiger partial charge in [0.1, 0.15) is 0 Å². The van der Waals surface area contributed by atoms with Crippen molar-refractivity contribution in [2.45, 2.75) is 26.9 Å². The number of aryl methyl sites for hydroxylation is 1. The molecule has 3 heteroatoms. The number of carbonyl (C=O) groups excluding carboxylic acids is 1. The minimum absolute atomic E-state index is 0.0574. The molecule has 0 unspecified atom stereocenters. The van der Waals surface area contributed by atoms with E-state index >= 15 is 0 Å².